The molecule has 1 saturated heterocycles. The van der Waals surface area contributed by atoms with Crippen molar-refractivity contribution in [3.05, 3.63) is 0 Å². The number of carbonyl (C=O) groups excluding carboxylic acids is 1. The fourth-order valence-corrected chi connectivity index (χ4v) is 0.769. The van der Waals surface area contributed by atoms with Gasteiger partial charge in [0.25, 0.3) is 5.91 Å². The lowest BCUT2D eigenvalue weighted by atomic mass is 10.4. The monoisotopic (exact) mass is 131 g/mol. The molecule has 8 heavy (non-hydrogen) atoms. The fraction of sp³-hybridized carbons (Fsp3) is 0.500. The molecule has 0 bridgehead atoms. The third kappa shape index (κ3) is 0.719. The van der Waals surface area contributed by atoms with Crippen LogP contribution in [0.25, 0.3) is 0 Å². The second-order valence-corrected chi connectivity index (χ2v) is 2.07. The molecule has 1 aliphatic rings. The summed E-state index contributed by atoms with van der Waals surface area (Å²) in [4.78, 5) is 10.7. The highest BCUT2D eigenvalue weighted by molar-refractivity contribution is 7.80. The Kier molecular flexibility index (Phi) is 1.27. The van der Waals surface area contributed by atoms with Crippen molar-refractivity contribution < 1.29 is 10.0 Å². The predicted octanol–water partition coefficient (Wildman–Crippen LogP) is 0.325. The van der Waals surface area contributed by atoms with Crippen molar-refractivity contribution in [3.8, 4) is 0 Å². The molecule has 1 aliphatic heterocycles. The Morgan fingerprint density at radius 1 is 1.62 bits per heavy atom. The number of nitrogens with zero attached hydrogens (tertiary/aromatic N) is 1. The Bertz CT molecular complexity index is 129. The van der Waals surface area contributed by atoms with E-state index in [-0.39, 0.29) is 5.91 Å². The van der Waals surface area contributed by atoms with Gasteiger partial charge in [-0.1, -0.05) is 12.2 Å². The van der Waals surface area contributed by atoms with Crippen LogP contribution in [0.5, 0.6) is 0 Å². The summed E-state index contributed by atoms with van der Waals surface area (Å²) >= 11 is 4.57. The lowest BCUT2D eigenvalue weighted by molar-refractivity contribution is -0.145. The van der Waals surface area contributed by atoms with Crippen LogP contribution in [0.4, 0.5) is 0 Å². The molecule has 0 saturated carbocycles. The molecular weight excluding hydrogens is 126 g/mol. The third-order valence-electron chi connectivity index (χ3n) is 1.03. The molecule has 1 amide bonds. The minimum Gasteiger partial charge on any atom is -0.280 e. The summed E-state index contributed by atoms with van der Waals surface area (Å²) in [5.41, 5.74) is 0. The number of thiocarbonyl (C=S) groups is 1. The maximum Gasteiger partial charge on any atom is 0.251 e. The molecule has 0 unspecified atom stereocenters. The van der Waals surface area contributed by atoms with E-state index in [0.717, 1.165) is 0 Å². The molecular formula is C4H5NO2S. The van der Waals surface area contributed by atoms with E-state index in [1.54, 1.807) is 0 Å². The maximum absolute atomic E-state index is 10.4. The van der Waals surface area contributed by atoms with E-state index in [2.05, 4.69) is 12.2 Å². The molecule has 1 fully saturated rings. The Labute approximate surface area is 51.9 Å². The summed E-state index contributed by atoms with van der Waals surface area (Å²) < 4.78 is 0. The number of rotatable bonds is 0. The summed E-state index contributed by atoms with van der Waals surface area (Å²) in [6, 6.07) is 0. The summed E-state index contributed by atoms with van der Waals surface area (Å²) in [7, 11) is 0. The number of amides is 1. The Morgan fingerprint density at radius 3 is 2.38 bits per heavy atom. The molecule has 0 aliphatic carbocycles. The van der Waals surface area contributed by atoms with Gasteiger partial charge in [-0.25, -0.2) is 0 Å². The lowest BCUT2D eigenvalue weighted by Gasteiger charge is -2.01. The van der Waals surface area contributed by atoms with Gasteiger partial charge in [0.05, 0.1) is 0 Å². The van der Waals surface area contributed by atoms with Gasteiger partial charge in [0.2, 0.25) is 0 Å². The zero-order chi connectivity index (χ0) is 6.15. The minimum atomic E-state index is -0.296. The van der Waals surface area contributed by atoms with Crippen LogP contribution in [-0.2, 0) is 4.79 Å². The zero-order valence-electron chi connectivity index (χ0n) is 4.13. The van der Waals surface area contributed by atoms with Crippen LogP contribution in [-0.4, -0.2) is 21.2 Å². The van der Waals surface area contributed by atoms with Crippen molar-refractivity contribution in [3.63, 3.8) is 0 Å². The van der Waals surface area contributed by atoms with Crippen LogP contribution in [0.15, 0.2) is 0 Å². The second-order valence-electron chi connectivity index (χ2n) is 1.60. The first-order valence-electron chi connectivity index (χ1n) is 2.26. The molecule has 3 nitrogen and oxygen atoms in total. The first-order chi connectivity index (χ1) is 3.72. The number of hydroxylamine groups is 2. The van der Waals surface area contributed by atoms with Gasteiger partial charge in [-0.2, -0.15) is 5.06 Å². The molecule has 0 aromatic carbocycles. The summed E-state index contributed by atoms with van der Waals surface area (Å²) in [6.45, 7) is 0. The van der Waals surface area contributed by atoms with Gasteiger partial charge in [-0.15, -0.1) is 0 Å². The molecule has 1 N–H and O–H groups in total. The van der Waals surface area contributed by atoms with Gasteiger partial charge in [0.1, 0.15) is 4.99 Å². The topological polar surface area (TPSA) is 40.5 Å². The molecule has 0 atom stereocenters. The van der Waals surface area contributed by atoms with E-state index < -0.39 is 0 Å². The lowest BCUT2D eigenvalue weighted by Crippen LogP contribution is -2.22. The van der Waals surface area contributed by atoms with Crippen molar-refractivity contribution in [2.75, 3.05) is 0 Å². The zero-order valence-corrected chi connectivity index (χ0v) is 4.94. The highest BCUT2D eigenvalue weighted by Gasteiger charge is 2.23. The van der Waals surface area contributed by atoms with E-state index in [0.29, 0.717) is 22.9 Å². The van der Waals surface area contributed by atoms with Gasteiger partial charge < -0.3 is 0 Å². The molecule has 0 aromatic rings. The van der Waals surface area contributed by atoms with E-state index in [1.807, 2.05) is 0 Å². The SMILES string of the molecule is O=C1CCC(=S)N1O. The van der Waals surface area contributed by atoms with Crippen LogP contribution < -0.4 is 0 Å². The minimum absolute atomic E-state index is 0.296. The molecule has 0 spiro atoms. The molecule has 1 rings (SSSR count). The molecule has 0 radical (unpaired) electrons. The Hall–Kier alpha value is -0.480. The standard InChI is InChI=1S/C4H5NO2S/c6-3-1-2-4(8)5(3)7/h7H,1-2H2. The number of carbonyl (C=O) groups is 1. The van der Waals surface area contributed by atoms with E-state index in [4.69, 9.17) is 5.21 Å². The summed E-state index contributed by atoms with van der Waals surface area (Å²) in [5, 5.41) is 9.15. The first-order valence-corrected chi connectivity index (χ1v) is 2.67. The largest absolute Gasteiger partial charge is 0.280 e. The summed E-state index contributed by atoms with van der Waals surface area (Å²) in [5.74, 6) is -0.296. The third-order valence-corrected chi connectivity index (χ3v) is 1.40. The maximum atomic E-state index is 10.4. The van der Waals surface area contributed by atoms with Crippen molar-refractivity contribution >= 4 is 23.1 Å². The van der Waals surface area contributed by atoms with Crippen LogP contribution in [0.2, 0.25) is 0 Å². The smallest absolute Gasteiger partial charge is 0.251 e. The van der Waals surface area contributed by atoms with Crippen molar-refractivity contribution in [2.45, 2.75) is 12.8 Å². The van der Waals surface area contributed by atoms with Gasteiger partial charge >= 0.3 is 0 Å². The van der Waals surface area contributed by atoms with Crippen molar-refractivity contribution in [2.24, 2.45) is 0 Å². The molecule has 44 valence electrons. The quantitative estimate of drug-likeness (QED) is 0.380. The van der Waals surface area contributed by atoms with Gasteiger partial charge in [0, 0.05) is 12.8 Å². The van der Waals surface area contributed by atoms with Crippen molar-refractivity contribution in [1.29, 1.82) is 0 Å². The Balaban J connectivity index is 2.70. The van der Waals surface area contributed by atoms with Crippen LogP contribution in [0.1, 0.15) is 12.8 Å². The van der Waals surface area contributed by atoms with Crippen LogP contribution in [0, 0.1) is 0 Å². The highest BCUT2D eigenvalue weighted by Crippen LogP contribution is 2.09. The molecule has 4 heteroatoms. The van der Waals surface area contributed by atoms with E-state index in [1.165, 1.54) is 0 Å². The Morgan fingerprint density at radius 2 is 2.25 bits per heavy atom. The van der Waals surface area contributed by atoms with Crippen LogP contribution in [0.3, 0.4) is 0 Å². The first kappa shape index (κ1) is 5.65. The number of hydrogen-bond acceptors (Lipinski definition) is 3. The summed E-state index contributed by atoms with van der Waals surface area (Å²) in [6.07, 6.45) is 0.875. The molecule has 0 aromatic heterocycles. The normalized spacial score (nSPS) is 20.4. The average Bonchev–Trinajstić information content (AvgIpc) is 1.98. The van der Waals surface area contributed by atoms with Gasteiger partial charge in [0.15, 0.2) is 0 Å². The van der Waals surface area contributed by atoms with E-state index >= 15 is 0 Å². The predicted molar refractivity (Wildman–Crippen MR) is 30.5 cm³/mol. The number of hydrogen-bond donors (Lipinski definition) is 1. The fourth-order valence-electron chi connectivity index (χ4n) is 0.565. The van der Waals surface area contributed by atoms with Gasteiger partial charge in [-0.3, -0.25) is 10.0 Å². The van der Waals surface area contributed by atoms with Crippen LogP contribution >= 0.6 is 12.2 Å². The average molecular weight is 131 g/mol. The van der Waals surface area contributed by atoms with Crippen molar-refractivity contribution in [1.82, 2.24) is 5.06 Å². The molecule has 1 heterocycles. The highest BCUT2D eigenvalue weighted by atomic mass is 32.1. The second kappa shape index (κ2) is 1.80. The van der Waals surface area contributed by atoms with E-state index in [9.17, 15) is 4.79 Å². The van der Waals surface area contributed by atoms with Gasteiger partial charge in [-0.05, 0) is 0 Å².